The minimum atomic E-state index is -3.87. The Balaban J connectivity index is 2.04. The number of terminal acetylenes is 1. The number of rotatable bonds is 9. The largest absolute Gasteiger partial charge is 0.497 e. The van der Waals surface area contributed by atoms with Gasteiger partial charge in [0.25, 0.3) is 10.0 Å². The van der Waals surface area contributed by atoms with E-state index in [2.05, 4.69) is 15.6 Å². The lowest BCUT2D eigenvalue weighted by molar-refractivity contribution is -0.137. The number of nitrogens with one attached hydrogen (secondary N) is 1. The summed E-state index contributed by atoms with van der Waals surface area (Å²) in [5.41, 5.74) is 0.298. The van der Waals surface area contributed by atoms with Gasteiger partial charge in [0.1, 0.15) is 11.6 Å². The predicted octanol–water partition coefficient (Wildman–Crippen LogP) is 3.35. The van der Waals surface area contributed by atoms with Gasteiger partial charge in [-0.05, 0) is 31.2 Å². The summed E-state index contributed by atoms with van der Waals surface area (Å²) in [5.74, 6) is 2.62. The number of carboxylic acids is 1. The van der Waals surface area contributed by atoms with E-state index in [0.29, 0.717) is 28.0 Å². The summed E-state index contributed by atoms with van der Waals surface area (Å²) in [6.07, 6.45) is 6.80. The van der Waals surface area contributed by atoms with Gasteiger partial charge < -0.3 is 14.7 Å². The number of carbonyl (C=O) groups is 1. The second-order valence-electron chi connectivity index (χ2n) is 7.10. The van der Waals surface area contributed by atoms with Crippen LogP contribution in [0.15, 0.2) is 59.6 Å². The number of fused-ring (bicyclic) bond motifs is 1. The number of ether oxygens (including phenoxy) is 1. The number of anilines is 2. The topological polar surface area (TPSA) is 109 Å². The summed E-state index contributed by atoms with van der Waals surface area (Å²) < 4.78 is 33.5. The van der Waals surface area contributed by atoms with Crippen molar-refractivity contribution in [1.82, 2.24) is 4.98 Å². The van der Waals surface area contributed by atoms with Gasteiger partial charge in [0.15, 0.2) is 0 Å². The van der Waals surface area contributed by atoms with Gasteiger partial charge in [-0.25, -0.2) is 13.4 Å². The highest BCUT2D eigenvalue weighted by molar-refractivity contribution is 7.92. The van der Waals surface area contributed by atoms with E-state index < -0.39 is 22.0 Å². The van der Waals surface area contributed by atoms with Gasteiger partial charge in [-0.3, -0.25) is 9.52 Å². The number of pyridine rings is 1. The molecule has 0 aliphatic heterocycles. The maximum absolute atomic E-state index is 12.9. The molecule has 0 saturated heterocycles. The molecule has 3 aromatic rings. The Morgan fingerprint density at radius 2 is 1.88 bits per heavy atom. The maximum atomic E-state index is 12.9. The van der Waals surface area contributed by atoms with Crippen LogP contribution in [-0.4, -0.2) is 44.2 Å². The van der Waals surface area contributed by atoms with Crippen LogP contribution in [0.25, 0.3) is 10.8 Å². The Morgan fingerprint density at radius 1 is 1.22 bits per heavy atom. The Morgan fingerprint density at radius 3 is 2.47 bits per heavy atom. The summed E-state index contributed by atoms with van der Waals surface area (Å²) >= 11 is 0. The Labute approximate surface area is 186 Å². The van der Waals surface area contributed by atoms with Crippen LogP contribution in [0.2, 0.25) is 0 Å². The van der Waals surface area contributed by atoms with Crippen molar-refractivity contribution in [1.29, 1.82) is 0 Å². The molecule has 1 atom stereocenters. The number of nitrogens with zero attached hydrogens (tertiary/aromatic N) is 2. The molecule has 2 aromatic carbocycles. The molecule has 32 heavy (non-hydrogen) atoms. The van der Waals surface area contributed by atoms with Crippen LogP contribution in [0, 0.1) is 12.3 Å². The van der Waals surface area contributed by atoms with Crippen LogP contribution in [0.3, 0.4) is 0 Å². The molecule has 8 nitrogen and oxygen atoms in total. The van der Waals surface area contributed by atoms with Crippen molar-refractivity contribution in [2.24, 2.45) is 0 Å². The fraction of sp³-hybridized carbons (Fsp3) is 0.217. The highest BCUT2D eigenvalue weighted by Gasteiger charge is 2.22. The van der Waals surface area contributed by atoms with Crippen LogP contribution < -0.4 is 14.4 Å². The average molecular weight is 454 g/mol. The first kappa shape index (κ1) is 22.9. The molecule has 0 bridgehead atoms. The predicted molar refractivity (Wildman–Crippen MR) is 123 cm³/mol. The number of carboxylic acid groups (broad SMARTS) is 1. The third-order valence-electron chi connectivity index (χ3n) is 4.92. The van der Waals surface area contributed by atoms with E-state index in [1.807, 2.05) is 0 Å². The molecular formula is C23H23N3O5S. The Kier molecular flexibility index (Phi) is 6.85. The van der Waals surface area contributed by atoms with Crippen molar-refractivity contribution in [2.45, 2.75) is 24.3 Å². The molecular weight excluding hydrogens is 430 g/mol. The minimum Gasteiger partial charge on any atom is -0.497 e. The number of hydrogen-bond donors (Lipinski definition) is 2. The zero-order valence-corrected chi connectivity index (χ0v) is 18.5. The fourth-order valence-corrected chi connectivity index (χ4v) is 4.41. The van der Waals surface area contributed by atoms with Gasteiger partial charge in [0, 0.05) is 16.8 Å². The molecule has 0 fully saturated rings. The SMILES string of the molecule is C#CCN(c1ncc(NS(=O)(=O)c2ccc(OC)cc2)c2ccccc12)[C@@H](C)CC(=O)O. The molecule has 0 aliphatic rings. The van der Waals surface area contributed by atoms with E-state index in [0.717, 1.165) is 0 Å². The molecule has 0 aliphatic carbocycles. The summed E-state index contributed by atoms with van der Waals surface area (Å²) in [6, 6.07) is 12.8. The highest BCUT2D eigenvalue weighted by Crippen LogP contribution is 2.32. The van der Waals surface area contributed by atoms with Crippen LogP contribution in [0.5, 0.6) is 5.75 Å². The van der Waals surface area contributed by atoms with Crippen LogP contribution in [0.1, 0.15) is 13.3 Å². The zero-order valence-electron chi connectivity index (χ0n) is 17.6. The third kappa shape index (κ3) is 4.92. The van der Waals surface area contributed by atoms with E-state index in [9.17, 15) is 18.3 Å². The molecule has 1 heterocycles. The maximum Gasteiger partial charge on any atom is 0.305 e. The second kappa shape index (κ2) is 9.58. The van der Waals surface area contributed by atoms with Gasteiger partial charge in [-0.15, -0.1) is 6.42 Å². The van der Waals surface area contributed by atoms with Gasteiger partial charge >= 0.3 is 5.97 Å². The molecule has 0 saturated carbocycles. The van der Waals surface area contributed by atoms with Crippen molar-refractivity contribution < 1.29 is 23.1 Å². The minimum absolute atomic E-state index is 0.0792. The van der Waals surface area contributed by atoms with Gasteiger partial charge in [0.05, 0.1) is 36.9 Å². The van der Waals surface area contributed by atoms with E-state index >= 15 is 0 Å². The van der Waals surface area contributed by atoms with Gasteiger partial charge in [-0.2, -0.15) is 0 Å². The molecule has 0 radical (unpaired) electrons. The molecule has 3 rings (SSSR count). The number of methoxy groups -OCH3 is 1. The molecule has 1 aromatic heterocycles. The molecule has 166 valence electrons. The van der Waals surface area contributed by atoms with Gasteiger partial charge in [-0.1, -0.05) is 30.2 Å². The van der Waals surface area contributed by atoms with Crippen molar-refractivity contribution in [3.63, 3.8) is 0 Å². The van der Waals surface area contributed by atoms with E-state index in [1.54, 1.807) is 48.2 Å². The number of aliphatic carboxylic acids is 1. The average Bonchev–Trinajstić information content (AvgIpc) is 2.77. The second-order valence-corrected chi connectivity index (χ2v) is 8.78. The lowest BCUT2D eigenvalue weighted by Crippen LogP contribution is -2.36. The van der Waals surface area contributed by atoms with Crippen LogP contribution in [0.4, 0.5) is 11.5 Å². The number of hydrogen-bond acceptors (Lipinski definition) is 6. The van der Waals surface area contributed by atoms with Crippen molar-refractivity contribution in [3.8, 4) is 18.1 Å². The summed E-state index contributed by atoms with van der Waals surface area (Å²) in [5, 5.41) is 10.4. The van der Waals surface area contributed by atoms with Gasteiger partial charge in [0.2, 0.25) is 0 Å². The molecule has 0 unspecified atom stereocenters. The third-order valence-corrected chi connectivity index (χ3v) is 6.31. The summed E-state index contributed by atoms with van der Waals surface area (Å²) in [4.78, 5) is 17.5. The summed E-state index contributed by atoms with van der Waals surface area (Å²) in [7, 11) is -2.37. The first-order chi connectivity index (χ1) is 15.3. The Hall–Kier alpha value is -3.77. The van der Waals surface area contributed by atoms with Crippen molar-refractivity contribution >= 4 is 38.3 Å². The van der Waals surface area contributed by atoms with Crippen molar-refractivity contribution in [3.05, 3.63) is 54.7 Å². The normalized spacial score (nSPS) is 12.0. The highest BCUT2D eigenvalue weighted by atomic mass is 32.2. The van der Waals surface area contributed by atoms with E-state index in [4.69, 9.17) is 11.2 Å². The monoisotopic (exact) mass is 453 g/mol. The first-order valence-corrected chi connectivity index (χ1v) is 11.2. The quantitative estimate of drug-likeness (QED) is 0.478. The van der Waals surface area contributed by atoms with Crippen LogP contribution in [-0.2, 0) is 14.8 Å². The standard InChI is InChI=1S/C23H23N3O5S/c1-4-13-26(16(2)14-22(27)28)23-20-8-6-5-7-19(20)21(15-24-23)25-32(29,30)18-11-9-17(31-3)10-12-18/h1,5-12,15-16,25H,13-14H2,2-3H3,(H,27,28)/t16-/m0/s1. The zero-order chi connectivity index (χ0) is 23.3. The number of sulfonamides is 1. The number of benzene rings is 2. The number of aromatic nitrogens is 1. The molecule has 2 N–H and O–H groups in total. The molecule has 0 amide bonds. The molecule has 9 heteroatoms. The molecule has 0 spiro atoms. The summed E-state index contributed by atoms with van der Waals surface area (Å²) in [6.45, 7) is 1.91. The van der Waals surface area contributed by atoms with Crippen molar-refractivity contribution in [2.75, 3.05) is 23.3 Å². The van der Waals surface area contributed by atoms with E-state index in [1.165, 1.54) is 25.4 Å². The smallest absolute Gasteiger partial charge is 0.305 e. The fourth-order valence-electron chi connectivity index (χ4n) is 3.35. The first-order valence-electron chi connectivity index (χ1n) is 9.73. The van der Waals surface area contributed by atoms with Crippen LogP contribution >= 0.6 is 0 Å². The lowest BCUT2D eigenvalue weighted by atomic mass is 10.1. The Bertz CT molecular complexity index is 1270. The lowest BCUT2D eigenvalue weighted by Gasteiger charge is -2.29. The van der Waals surface area contributed by atoms with E-state index in [-0.39, 0.29) is 17.9 Å².